The number of hydrogen-bond acceptors (Lipinski definition) is 5. The highest BCUT2D eigenvalue weighted by Crippen LogP contribution is 2.22. The van der Waals surface area contributed by atoms with Crippen molar-refractivity contribution in [2.75, 3.05) is 5.75 Å². The lowest BCUT2D eigenvalue weighted by Gasteiger charge is -2.15. The van der Waals surface area contributed by atoms with E-state index in [9.17, 15) is 4.79 Å². The fourth-order valence-electron chi connectivity index (χ4n) is 2.95. The molecule has 0 saturated carbocycles. The van der Waals surface area contributed by atoms with Gasteiger partial charge in [-0.3, -0.25) is 9.36 Å². The molecule has 0 spiro atoms. The lowest BCUT2D eigenvalue weighted by Crippen LogP contribution is -2.28. The topological polar surface area (TPSA) is 77.6 Å². The third kappa shape index (κ3) is 4.80. The van der Waals surface area contributed by atoms with Gasteiger partial charge >= 0.3 is 0 Å². The second-order valence-electron chi connectivity index (χ2n) is 6.57. The van der Waals surface area contributed by atoms with Crippen LogP contribution in [-0.4, -0.2) is 36.0 Å². The van der Waals surface area contributed by atoms with Gasteiger partial charge in [0.2, 0.25) is 5.91 Å². The minimum Gasteiger partial charge on any atom is -0.349 e. The molecule has 4 aromatic rings. The first-order valence-corrected chi connectivity index (χ1v) is 11.0. The summed E-state index contributed by atoms with van der Waals surface area (Å²) >= 11 is 4.85. The number of carbonyl (C=O) groups excluding carboxylic acids is 1. The van der Waals surface area contributed by atoms with E-state index in [1.165, 1.54) is 18.1 Å². The molecule has 30 heavy (non-hydrogen) atoms. The van der Waals surface area contributed by atoms with Crippen LogP contribution in [0, 0.1) is 0 Å². The molecule has 0 aliphatic heterocycles. The van der Waals surface area contributed by atoms with Crippen molar-refractivity contribution in [2.24, 2.45) is 0 Å². The normalized spacial score (nSPS) is 11.9. The first-order valence-electron chi connectivity index (χ1n) is 9.26. The van der Waals surface area contributed by atoms with E-state index in [0.717, 1.165) is 26.6 Å². The third-order valence-electron chi connectivity index (χ3n) is 4.50. The molecule has 1 atom stereocenters. The van der Waals surface area contributed by atoms with Crippen molar-refractivity contribution in [1.29, 1.82) is 0 Å². The predicted molar refractivity (Wildman–Crippen MR) is 120 cm³/mol. The Hall–Kier alpha value is -2.91. The van der Waals surface area contributed by atoms with E-state index < -0.39 is 0 Å². The number of benzene rings is 2. The van der Waals surface area contributed by atoms with Crippen LogP contribution in [0.15, 0.2) is 83.2 Å². The summed E-state index contributed by atoms with van der Waals surface area (Å²) in [6.07, 6.45) is 6.77. The molecule has 0 unspecified atom stereocenters. The summed E-state index contributed by atoms with van der Waals surface area (Å²) in [5, 5.41) is 7.93. The molecule has 152 valence electrons. The van der Waals surface area contributed by atoms with Crippen LogP contribution < -0.4 is 5.32 Å². The van der Waals surface area contributed by atoms with Crippen LogP contribution in [0.2, 0.25) is 0 Å². The molecule has 0 aliphatic carbocycles. The van der Waals surface area contributed by atoms with Gasteiger partial charge in [0.1, 0.15) is 12.7 Å². The number of nitrogens with zero attached hydrogens (tertiary/aromatic N) is 5. The molecule has 2 heterocycles. The predicted octanol–water partition coefficient (Wildman–Crippen LogP) is 4.19. The number of rotatable bonds is 7. The fourth-order valence-corrected chi connectivity index (χ4v) is 4.00. The van der Waals surface area contributed by atoms with E-state index in [1.807, 2.05) is 66.2 Å². The number of thioether (sulfide) groups is 1. The van der Waals surface area contributed by atoms with Gasteiger partial charge in [0.15, 0.2) is 5.16 Å². The van der Waals surface area contributed by atoms with Crippen molar-refractivity contribution in [3.63, 3.8) is 0 Å². The molecule has 0 radical (unpaired) electrons. The van der Waals surface area contributed by atoms with Gasteiger partial charge in [-0.25, -0.2) is 14.6 Å². The highest BCUT2D eigenvalue weighted by atomic mass is 79.9. The van der Waals surface area contributed by atoms with E-state index in [0.29, 0.717) is 0 Å². The van der Waals surface area contributed by atoms with Crippen molar-refractivity contribution in [1.82, 2.24) is 29.6 Å². The molecule has 0 aliphatic rings. The van der Waals surface area contributed by atoms with Gasteiger partial charge in [-0.1, -0.05) is 39.8 Å². The average molecular weight is 483 g/mol. The van der Waals surface area contributed by atoms with Gasteiger partial charge < -0.3 is 5.32 Å². The molecule has 4 rings (SSSR count). The van der Waals surface area contributed by atoms with Crippen LogP contribution >= 0.6 is 27.7 Å². The number of nitrogens with one attached hydrogen (secondary N) is 1. The number of carbonyl (C=O) groups is 1. The van der Waals surface area contributed by atoms with Crippen molar-refractivity contribution in [2.45, 2.75) is 18.1 Å². The van der Waals surface area contributed by atoms with Crippen molar-refractivity contribution >= 4 is 33.6 Å². The second-order valence-corrected chi connectivity index (χ2v) is 8.42. The van der Waals surface area contributed by atoms with E-state index in [-0.39, 0.29) is 17.7 Å². The quantitative estimate of drug-likeness (QED) is 0.399. The standard InChI is InChI=1S/C21H19BrN6OS/c1-15(16-2-6-19(7-3-16)28-14-23-13-25-28)26-20(29)12-30-21-24-10-11-27(21)18-8-4-17(22)5-9-18/h2-11,13-15H,12H2,1H3,(H,26,29)/t15-/m0/s1. The molecule has 9 heteroatoms. The van der Waals surface area contributed by atoms with Crippen LogP contribution in [0.3, 0.4) is 0 Å². The van der Waals surface area contributed by atoms with Crippen LogP contribution in [0.5, 0.6) is 0 Å². The zero-order chi connectivity index (χ0) is 20.9. The molecular formula is C21H19BrN6OS. The number of halogens is 1. The lowest BCUT2D eigenvalue weighted by molar-refractivity contribution is -0.119. The van der Waals surface area contributed by atoms with Crippen molar-refractivity contribution in [3.05, 3.63) is 83.6 Å². The SMILES string of the molecule is C[C@H](NC(=O)CSc1nccn1-c1ccc(Br)cc1)c1ccc(-n2cncn2)cc1. The Kier molecular flexibility index (Phi) is 6.29. The van der Waals surface area contributed by atoms with E-state index >= 15 is 0 Å². The Labute approximate surface area is 186 Å². The zero-order valence-electron chi connectivity index (χ0n) is 16.1. The smallest absolute Gasteiger partial charge is 0.230 e. The Bertz CT molecular complexity index is 1110. The Balaban J connectivity index is 1.34. The maximum Gasteiger partial charge on any atom is 0.230 e. The number of imidazole rings is 1. The van der Waals surface area contributed by atoms with Gasteiger partial charge in [0, 0.05) is 22.6 Å². The summed E-state index contributed by atoms with van der Waals surface area (Å²) < 4.78 is 4.68. The van der Waals surface area contributed by atoms with Crippen LogP contribution in [0.25, 0.3) is 11.4 Å². The molecule has 2 aromatic carbocycles. The maximum absolute atomic E-state index is 12.5. The molecule has 2 aromatic heterocycles. The first-order chi connectivity index (χ1) is 14.6. The minimum absolute atomic E-state index is 0.0433. The average Bonchev–Trinajstić information content (AvgIpc) is 3.45. The molecule has 1 N–H and O–H groups in total. The summed E-state index contributed by atoms with van der Waals surface area (Å²) in [4.78, 5) is 20.8. The summed E-state index contributed by atoms with van der Waals surface area (Å²) in [6, 6.07) is 15.7. The molecule has 7 nitrogen and oxygen atoms in total. The highest BCUT2D eigenvalue weighted by Gasteiger charge is 2.13. The summed E-state index contributed by atoms with van der Waals surface area (Å²) in [6.45, 7) is 1.97. The summed E-state index contributed by atoms with van der Waals surface area (Å²) in [7, 11) is 0. The third-order valence-corrected chi connectivity index (χ3v) is 5.99. The molecule has 0 bridgehead atoms. The van der Waals surface area contributed by atoms with Gasteiger partial charge in [-0.2, -0.15) is 5.10 Å². The molecule has 0 fully saturated rings. The van der Waals surface area contributed by atoms with Gasteiger partial charge in [0.25, 0.3) is 0 Å². The van der Waals surface area contributed by atoms with E-state index in [2.05, 4.69) is 36.3 Å². The second kappa shape index (κ2) is 9.27. The summed E-state index contributed by atoms with van der Waals surface area (Å²) in [5.74, 6) is 0.243. The van der Waals surface area contributed by atoms with E-state index in [4.69, 9.17) is 0 Å². The molecular weight excluding hydrogens is 464 g/mol. The highest BCUT2D eigenvalue weighted by molar-refractivity contribution is 9.10. The maximum atomic E-state index is 12.5. The zero-order valence-corrected chi connectivity index (χ0v) is 18.5. The van der Waals surface area contributed by atoms with Crippen LogP contribution in [-0.2, 0) is 4.79 Å². The minimum atomic E-state index is -0.103. The first kappa shape index (κ1) is 20.4. The van der Waals surface area contributed by atoms with Gasteiger partial charge in [0.05, 0.1) is 17.5 Å². The largest absolute Gasteiger partial charge is 0.349 e. The number of hydrogen-bond donors (Lipinski definition) is 1. The van der Waals surface area contributed by atoms with Gasteiger partial charge in [-0.05, 0) is 48.9 Å². The summed E-state index contributed by atoms with van der Waals surface area (Å²) in [5.41, 5.74) is 2.94. The van der Waals surface area contributed by atoms with Crippen LogP contribution in [0.4, 0.5) is 0 Å². The van der Waals surface area contributed by atoms with Crippen molar-refractivity contribution < 1.29 is 4.79 Å². The molecule has 0 saturated heterocycles. The van der Waals surface area contributed by atoms with E-state index in [1.54, 1.807) is 17.2 Å². The Morgan fingerprint density at radius 1 is 1.13 bits per heavy atom. The van der Waals surface area contributed by atoms with Crippen molar-refractivity contribution in [3.8, 4) is 11.4 Å². The number of amides is 1. The lowest BCUT2D eigenvalue weighted by atomic mass is 10.1. The fraction of sp³-hybridized carbons (Fsp3) is 0.143. The van der Waals surface area contributed by atoms with Crippen LogP contribution in [0.1, 0.15) is 18.5 Å². The molecule has 1 amide bonds. The monoisotopic (exact) mass is 482 g/mol. The number of aromatic nitrogens is 5. The Morgan fingerprint density at radius 2 is 1.87 bits per heavy atom. The van der Waals surface area contributed by atoms with Gasteiger partial charge in [-0.15, -0.1) is 0 Å². The Morgan fingerprint density at radius 3 is 2.57 bits per heavy atom.